The number of carbonyl (C=O) groups is 2. The molecule has 5 nitrogen and oxygen atoms in total. The Bertz CT molecular complexity index is 400. The van der Waals surface area contributed by atoms with Crippen molar-refractivity contribution in [3.05, 3.63) is 0 Å². The first-order valence-corrected chi connectivity index (χ1v) is 8.12. The molecule has 1 aliphatic heterocycles. The van der Waals surface area contributed by atoms with E-state index in [-0.39, 0.29) is 23.4 Å². The van der Waals surface area contributed by atoms with Crippen LogP contribution >= 0.6 is 0 Å². The predicted octanol–water partition coefficient (Wildman–Crippen LogP) is 3.00. The Balaban J connectivity index is 1.95. The maximum Gasteiger partial charge on any atom is 0.317 e. The van der Waals surface area contributed by atoms with E-state index in [1.807, 2.05) is 4.90 Å². The summed E-state index contributed by atoms with van der Waals surface area (Å²) >= 11 is 0. The Kier molecular flexibility index (Phi) is 4.79. The number of carboxylic acid groups (broad SMARTS) is 1. The average Bonchev–Trinajstić information content (AvgIpc) is 2.76. The summed E-state index contributed by atoms with van der Waals surface area (Å²) in [4.78, 5) is 25.4. The number of carboxylic acids is 1. The monoisotopic (exact) mass is 296 g/mol. The maximum absolute atomic E-state index is 12.4. The molecule has 0 unspecified atom stereocenters. The molecule has 21 heavy (non-hydrogen) atoms. The SMILES string of the molecule is CC1(C)CCCN1C(=O)NCC1(CC(=O)O)CCCCC1. The Hall–Kier alpha value is -1.26. The molecule has 0 bridgehead atoms. The van der Waals surface area contributed by atoms with Crippen molar-refractivity contribution in [1.29, 1.82) is 0 Å². The molecule has 0 spiro atoms. The van der Waals surface area contributed by atoms with Crippen molar-refractivity contribution in [1.82, 2.24) is 10.2 Å². The molecule has 2 aliphatic rings. The molecule has 2 rings (SSSR count). The summed E-state index contributed by atoms with van der Waals surface area (Å²) in [6.45, 7) is 5.47. The first-order valence-electron chi connectivity index (χ1n) is 8.12. The maximum atomic E-state index is 12.4. The summed E-state index contributed by atoms with van der Waals surface area (Å²) in [5, 5.41) is 12.2. The van der Waals surface area contributed by atoms with Crippen LogP contribution in [0.5, 0.6) is 0 Å². The number of likely N-dealkylation sites (tertiary alicyclic amines) is 1. The van der Waals surface area contributed by atoms with Gasteiger partial charge in [0.1, 0.15) is 0 Å². The molecule has 0 aromatic heterocycles. The van der Waals surface area contributed by atoms with Gasteiger partial charge in [-0.2, -0.15) is 0 Å². The first kappa shape index (κ1) is 16.1. The number of hydrogen-bond donors (Lipinski definition) is 2. The van der Waals surface area contributed by atoms with E-state index in [4.69, 9.17) is 5.11 Å². The minimum absolute atomic E-state index is 0.0344. The van der Waals surface area contributed by atoms with Crippen LogP contribution in [-0.4, -0.2) is 40.6 Å². The van der Waals surface area contributed by atoms with Gasteiger partial charge in [0.2, 0.25) is 0 Å². The highest BCUT2D eigenvalue weighted by Crippen LogP contribution is 2.39. The van der Waals surface area contributed by atoms with Gasteiger partial charge in [-0.15, -0.1) is 0 Å². The van der Waals surface area contributed by atoms with E-state index in [9.17, 15) is 9.59 Å². The minimum Gasteiger partial charge on any atom is -0.481 e. The zero-order valence-corrected chi connectivity index (χ0v) is 13.3. The molecule has 0 aromatic carbocycles. The molecule has 120 valence electrons. The van der Waals surface area contributed by atoms with Crippen LogP contribution in [0.3, 0.4) is 0 Å². The second-order valence-corrected chi connectivity index (χ2v) is 7.36. The van der Waals surface area contributed by atoms with Crippen molar-refractivity contribution in [2.45, 2.75) is 70.8 Å². The Morgan fingerprint density at radius 1 is 1.10 bits per heavy atom. The number of amides is 2. The second kappa shape index (κ2) is 6.24. The summed E-state index contributed by atoms with van der Waals surface area (Å²) in [6.07, 6.45) is 7.36. The van der Waals surface area contributed by atoms with Crippen molar-refractivity contribution < 1.29 is 14.7 Å². The van der Waals surface area contributed by atoms with E-state index in [2.05, 4.69) is 19.2 Å². The average molecular weight is 296 g/mol. The number of urea groups is 1. The van der Waals surface area contributed by atoms with E-state index >= 15 is 0 Å². The summed E-state index contributed by atoms with van der Waals surface area (Å²) in [7, 11) is 0. The summed E-state index contributed by atoms with van der Waals surface area (Å²) in [6, 6.07) is -0.0344. The fourth-order valence-electron chi connectivity index (χ4n) is 3.88. The smallest absolute Gasteiger partial charge is 0.317 e. The predicted molar refractivity (Wildman–Crippen MR) is 81.2 cm³/mol. The minimum atomic E-state index is -0.757. The van der Waals surface area contributed by atoms with Crippen LogP contribution in [0.15, 0.2) is 0 Å². The van der Waals surface area contributed by atoms with Gasteiger partial charge in [0.25, 0.3) is 0 Å². The molecular formula is C16H28N2O3. The molecule has 2 amide bonds. The zero-order valence-electron chi connectivity index (χ0n) is 13.3. The van der Waals surface area contributed by atoms with Crippen molar-refractivity contribution in [2.24, 2.45) is 5.41 Å². The van der Waals surface area contributed by atoms with Gasteiger partial charge in [-0.3, -0.25) is 4.79 Å². The highest BCUT2D eigenvalue weighted by molar-refractivity contribution is 5.75. The van der Waals surface area contributed by atoms with Gasteiger partial charge < -0.3 is 15.3 Å². The number of nitrogens with zero attached hydrogens (tertiary/aromatic N) is 1. The lowest BCUT2D eigenvalue weighted by molar-refractivity contribution is -0.140. The van der Waals surface area contributed by atoms with E-state index in [0.717, 1.165) is 45.1 Å². The quantitative estimate of drug-likeness (QED) is 0.838. The van der Waals surface area contributed by atoms with Gasteiger partial charge in [-0.25, -0.2) is 4.79 Å². The number of rotatable bonds is 4. The largest absolute Gasteiger partial charge is 0.481 e. The normalized spacial score (nSPS) is 23.8. The first-order chi connectivity index (χ1) is 9.85. The van der Waals surface area contributed by atoms with Gasteiger partial charge in [0.05, 0.1) is 6.42 Å². The van der Waals surface area contributed by atoms with Crippen LogP contribution in [0.4, 0.5) is 4.79 Å². The lowest BCUT2D eigenvalue weighted by Gasteiger charge is -2.38. The third kappa shape index (κ3) is 3.89. The summed E-state index contributed by atoms with van der Waals surface area (Å²) in [5.74, 6) is -0.757. The molecule has 5 heteroatoms. The number of nitrogens with one attached hydrogen (secondary N) is 1. The molecule has 1 aliphatic carbocycles. The van der Waals surface area contributed by atoms with Crippen molar-refractivity contribution in [3.63, 3.8) is 0 Å². The molecule has 0 radical (unpaired) electrons. The van der Waals surface area contributed by atoms with E-state index in [1.165, 1.54) is 6.42 Å². The highest BCUT2D eigenvalue weighted by atomic mass is 16.4. The lowest BCUT2D eigenvalue weighted by atomic mass is 9.72. The van der Waals surface area contributed by atoms with Gasteiger partial charge >= 0.3 is 12.0 Å². The molecule has 1 heterocycles. The topological polar surface area (TPSA) is 69.6 Å². The van der Waals surface area contributed by atoms with Crippen LogP contribution in [0, 0.1) is 5.41 Å². The molecule has 1 saturated heterocycles. The lowest BCUT2D eigenvalue weighted by Crippen LogP contribution is -2.51. The van der Waals surface area contributed by atoms with Gasteiger partial charge in [0, 0.05) is 18.6 Å². The van der Waals surface area contributed by atoms with Crippen LogP contribution < -0.4 is 5.32 Å². The van der Waals surface area contributed by atoms with Crippen LogP contribution in [0.25, 0.3) is 0 Å². The summed E-state index contributed by atoms with van der Waals surface area (Å²) in [5.41, 5.74) is -0.333. The fourth-order valence-corrected chi connectivity index (χ4v) is 3.88. The van der Waals surface area contributed by atoms with Gasteiger partial charge in [0.15, 0.2) is 0 Å². The van der Waals surface area contributed by atoms with Crippen molar-refractivity contribution in [3.8, 4) is 0 Å². The van der Waals surface area contributed by atoms with Crippen LogP contribution in [-0.2, 0) is 4.79 Å². The molecule has 2 N–H and O–H groups in total. The number of aliphatic carboxylic acids is 1. The van der Waals surface area contributed by atoms with Gasteiger partial charge in [-0.1, -0.05) is 19.3 Å². The highest BCUT2D eigenvalue weighted by Gasteiger charge is 2.38. The molecule has 2 fully saturated rings. The second-order valence-electron chi connectivity index (χ2n) is 7.36. The molecular weight excluding hydrogens is 268 g/mol. The molecule has 1 saturated carbocycles. The van der Waals surface area contributed by atoms with E-state index in [0.29, 0.717) is 6.54 Å². The van der Waals surface area contributed by atoms with Crippen LogP contribution in [0.2, 0.25) is 0 Å². The fraction of sp³-hybridized carbons (Fsp3) is 0.875. The zero-order chi connectivity index (χ0) is 15.5. The molecule has 0 aromatic rings. The summed E-state index contributed by atoms with van der Waals surface area (Å²) < 4.78 is 0. The van der Waals surface area contributed by atoms with E-state index < -0.39 is 5.97 Å². The van der Waals surface area contributed by atoms with Crippen molar-refractivity contribution >= 4 is 12.0 Å². The van der Waals surface area contributed by atoms with Crippen LogP contribution in [0.1, 0.15) is 65.2 Å². The number of hydrogen-bond acceptors (Lipinski definition) is 2. The van der Waals surface area contributed by atoms with E-state index in [1.54, 1.807) is 0 Å². The number of carbonyl (C=O) groups excluding carboxylic acids is 1. The third-order valence-electron chi connectivity index (χ3n) is 5.20. The Morgan fingerprint density at radius 2 is 1.76 bits per heavy atom. The Labute approximate surface area is 127 Å². The molecule has 0 atom stereocenters. The third-order valence-corrected chi connectivity index (χ3v) is 5.20. The Morgan fingerprint density at radius 3 is 2.29 bits per heavy atom. The standard InChI is InChI=1S/C16H28N2O3/c1-15(2)7-6-10-18(15)14(21)17-12-16(11-13(19)20)8-4-3-5-9-16/h3-12H2,1-2H3,(H,17,21)(H,19,20). The van der Waals surface area contributed by atoms with Gasteiger partial charge in [-0.05, 0) is 44.9 Å². The van der Waals surface area contributed by atoms with Crippen molar-refractivity contribution in [2.75, 3.05) is 13.1 Å².